The number of aryl methyl sites for hydroxylation is 1. The Morgan fingerprint density at radius 2 is 1.09 bits per heavy atom. The van der Waals surface area contributed by atoms with Crippen molar-refractivity contribution in [2.75, 3.05) is 0 Å². The van der Waals surface area contributed by atoms with Crippen molar-refractivity contribution in [1.29, 1.82) is 0 Å². The van der Waals surface area contributed by atoms with Crippen molar-refractivity contribution in [2.24, 2.45) is 0 Å². The zero-order valence-electron chi connectivity index (χ0n) is 17.3. The summed E-state index contributed by atoms with van der Waals surface area (Å²) in [5, 5.41) is 5.71. The second-order valence-electron chi connectivity index (χ2n) is 8.21. The van der Waals surface area contributed by atoms with E-state index in [4.69, 9.17) is 9.05 Å². The number of rotatable bonds is 1. The maximum atomic E-state index is 7.21. The molecule has 2 nitrogen and oxygen atoms in total. The van der Waals surface area contributed by atoms with Crippen LogP contribution in [0.2, 0.25) is 0 Å². The predicted octanol–water partition coefficient (Wildman–Crippen LogP) is 8.51. The molecule has 0 N–H and O–H groups in total. The van der Waals surface area contributed by atoms with Crippen LogP contribution in [0.25, 0.3) is 21.5 Å². The van der Waals surface area contributed by atoms with Crippen LogP contribution in [0.3, 0.4) is 0 Å². The third-order valence-corrected chi connectivity index (χ3v) is 16.7. The number of hydrogen-bond acceptors (Lipinski definition) is 4. The van der Waals surface area contributed by atoms with E-state index in [-0.39, 0.29) is 0 Å². The van der Waals surface area contributed by atoms with Crippen LogP contribution < -0.4 is 14.4 Å². The second-order valence-corrected chi connectivity index (χ2v) is 17.7. The molecule has 5 aromatic rings. The predicted molar refractivity (Wildman–Crippen MR) is 139 cm³/mol. The molecule has 1 spiro atoms. The Kier molecular flexibility index (Phi) is 3.80. The van der Waals surface area contributed by atoms with Crippen LogP contribution in [-0.2, 0) is 0 Å². The Balaban J connectivity index is 1.56. The van der Waals surface area contributed by atoms with E-state index < -0.39 is 5.46 Å². The van der Waals surface area contributed by atoms with Gasteiger partial charge in [-0.15, -0.1) is 0 Å². The molecule has 7 rings (SSSR count). The number of fused-ring (bicyclic) bond motifs is 7. The van der Waals surface area contributed by atoms with Gasteiger partial charge in [0.2, 0.25) is 0 Å². The Bertz CT molecular complexity index is 1500. The van der Waals surface area contributed by atoms with E-state index in [2.05, 4.69) is 104 Å². The van der Waals surface area contributed by atoms with E-state index in [1.165, 1.54) is 26.1 Å². The Morgan fingerprint density at radius 3 is 1.72 bits per heavy atom. The van der Waals surface area contributed by atoms with Gasteiger partial charge in [-0.05, 0) is 0 Å². The summed E-state index contributed by atoms with van der Waals surface area (Å²) < 4.78 is 14.4. The van der Waals surface area contributed by atoms with Crippen LogP contribution in [0.4, 0.5) is 0 Å². The molecule has 0 saturated carbocycles. The van der Waals surface area contributed by atoms with Crippen LogP contribution in [0.1, 0.15) is 5.56 Å². The molecule has 2 heterocycles. The summed E-state index contributed by atoms with van der Waals surface area (Å²) in [5.41, 5.74) is -2.19. The summed E-state index contributed by atoms with van der Waals surface area (Å²) in [5.74, 6) is 1.73. The van der Waals surface area contributed by atoms with E-state index >= 15 is 0 Å². The van der Waals surface area contributed by atoms with E-state index in [0.717, 1.165) is 27.6 Å². The zero-order chi connectivity index (χ0) is 21.4. The van der Waals surface area contributed by atoms with Gasteiger partial charge in [0.25, 0.3) is 0 Å². The first kappa shape index (κ1) is 18.9. The zero-order valence-corrected chi connectivity index (χ0v) is 19.8. The number of benzene rings is 5. The van der Waals surface area contributed by atoms with E-state index in [1.807, 2.05) is 0 Å². The molecule has 0 radical (unpaired) electrons. The first-order valence-electron chi connectivity index (χ1n) is 10.6. The molecule has 2 aliphatic heterocycles. The van der Waals surface area contributed by atoms with Crippen LogP contribution in [0.15, 0.2) is 107 Å². The molecule has 0 saturated heterocycles. The fourth-order valence-corrected chi connectivity index (χ4v) is 16.5. The van der Waals surface area contributed by atoms with Gasteiger partial charge >= 0.3 is 195 Å². The fraction of sp³-hybridized carbons (Fsp3) is 0.0370. The Hall–Kier alpha value is -2.65. The van der Waals surface area contributed by atoms with Crippen molar-refractivity contribution in [2.45, 2.75) is 16.7 Å². The third-order valence-electron chi connectivity index (χ3n) is 6.13. The molecule has 0 unspecified atom stereocenters. The quantitative estimate of drug-likeness (QED) is 0.180. The summed E-state index contributed by atoms with van der Waals surface area (Å²) in [6.07, 6.45) is 0. The molecule has 5 aromatic carbocycles. The van der Waals surface area contributed by atoms with Gasteiger partial charge in [0.05, 0.1) is 0 Å². The molecule has 0 aromatic heterocycles. The molecule has 0 atom stereocenters. The standard InChI is InChI=1S/C27H19O2PS2/c1-18-15-16-24-25(17-18)32-30(31-24,19-9-3-2-4-10-19)28-26-22-13-7-5-11-20(22)21-12-6-8-14-23(21)27(26)29-30/h2-17H,1H3. The van der Waals surface area contributed by atoms with Crippen LogP contribution in [0.5, 0.6) is 11.5 Å². The molecule has 0 fully saturated rings. The van der Waals surface area contributed by atoms with Gasteiger partial charge in [-0.3, -0.25) is 0 Å². The molecular weight excluding hydrogens is 451 g/mol. The molecule has 0 amide bonds. The number of hydrogen-bond donors (Lipinski definition) is 0. The van der Waals surface area contributed by atoms with Gasteiger partial charge in [-0.25, -0.2) is 0 Å². The third kappa shape index (κ3) is 2.43. The minimum absolute atomic E-state index is 0.866. The van der Waals surface area contributed by atoms with Crippen LogP contribution >= 0.6 is 28.2 Å². The average Bonchev–Trinajstić information content (AvgIpc) is 3.36. The molecule has 156 valence electrons. The van der Waals surface area contributed by atoms with Gasteiger partial charge in [0.1, 0.15) is 0 Å². The van der Waals surface area contributed by atoms with Gasteiger partial charge < -0.3 is 0 Å². The summed E-state index contributed by atoms with van der Waals surface area (Å²) in [6, 6.07) is 34.2. The molecule has 5 heteroatoms. The van der Waals surface area contributed by atoms with Crippen molar-refractivity contribution in [3.63, 3.8) is 0 Å². The van der Waals surface area contributed by atoms with Gasteiger partial charge in [-0.1, -0.05) is 0 Å². The van der Waals surface area contributed by atoms with Gasteiger partial charge in [-0.2, -0.15) is 0 Å². The van der Waals surface area contributed by atoms with Gasteiger partial charge in [0.15, 0.2) is 0 Å². The average molecular weight is 471 g/mol. The van der Waals surface area contributed by atoms with Crippen molar-refractivity contribution in [3.05, 3.63) is 103 Å². The fourth-order valence-electron chi connectivity index (χ4n) is 4.67. The van der Waals surface area contributed by atoms with Crippen molar-refractivity contribution >= 4 is 55.1 Å². The summed E-state index contributed by atoms with van der Waals surface area (Å²) in [6.45, 7) is 2.14. The van der Waals surface area contributed by atoms with Crippen molar-refractivity contribution in [1.82, 2.24) is 0 Å². The maximum absolute atomic E-state index is 7.21. The summed E-state index contributed by atoms with van der Waals surface area (Å²) >= 11 is 3.56. The molecular formula is C27H19O2PS2. The first-order valence-corrected chi connectivity index (χ1v) is 15.5. The Labute approximate surface area is 194 Å². The van der Waals surface area contributed by atoms with E-state index in [1.54, 1.807) is 22.8 Å². The Morgan fingerprint density at radius 1 is 0.562 bits per heavy atom. The normalized spacial score (nSPS) is 18.5. The van der Waals surface area contributed by atoms with Gasteiger partial charge in [0, 0.05) is 0 Å². The molecule has 2 aliphatic rings. The van der Waals surface area contributed by atoms with Crippen molar-refractivity contribution in [3.8, 4) is 11.5 Å². The van der Waals surface area contributed by atoms with Crippen LogP contribution in [-0.4, -0.2) is 0 Å². The van der Waals surface area contributed by atoms with E-state index in [0.29, 0.717) is 0 Å². The molecule has 0 aliphatic carbocycles. The van der Waals surface area contributed by atoms with E-state index in [9.17, 15) is 0 Å². The molecule has 32 heavy (non-hydrogen) atoms. The monoisotopic (exact) mass is 470 g/mol. The van der Waals surface area contributed by atoms with Crippen molar-refractivity contribution < 1.29 is 9.05 Å². The summed E-state index contributed by atoms with van der Waals surface area (Å²) in [7, 11) is 0. The first-order chi connectivity index (χ1) is 15.6. The second kappa shape index (κ2) is 6.45. The molecule has 0 bridgehead atoms. The van der Waals surface area contributed by atoms with Crippen LogP contribution in [0, 0.1) is 6.92 Å². The summed E-state index contributed by atoms with van der Waals surface area (Å²) in [4.78, 5) is 2.46. The topological polar surface area (TPSA) is 18.5 Å². The minimum atomic E-state index is -3.44. The SMILES string of the molecule is Cc1ccc2c(c1)SP1(c3ccccc3)(Oc3c(c4ccccc4c4ccccc34)O1)S2.